The minimum atomic E-state index is -0.957. The molecule has 0 spiro atoms. The van der Waals surface area contributed by atoms with Crippen molar-refractivity contribution in [3.8, 4) is 0 Å². The van der Waals surface area contributed by atoms with E-state index in [-0.39, 0.29) is 30.1 Å². The Balaban J connectivity index is 1.81. The SMILES string of the molecule is CC(C)CC[C@H](NC(=O)[C@H](CCc1ccccc1)NC(C)C)C(=O)N[C@@H](Cc1ccccc1)C(=O)N[C@@H](CC(C)C)C(=O)[C@@]1(C)CO1. The molecule has 3 rings (SSSR count). The van der Waals surface area contributed by atoms with Gasteiger partial charge in [0.1, 0.15) is 17.7 Å². The largest absolute Gasteiger partial charge is 0.361 e. The molecule has 0 aromatic heterocycles. The minimum absolute atomic E-state index is 0.0632. The number of carbonyl (C=O) groups excluding carboxylic acids is 4. The molecule has 0 radical (unpaired) electrons. The number of ketones is 1. The van der Waals surface area contributed by atoms with Crippen molar-refractivity contribution in [1.29, 1.82) is 0 Å². The highest BCUT2D eigenvalue weighted by Crippen LogP contribution is 2.29. The van der Waals surface area contributed by atoms with Crippen LogP contribution < -0.4 is 21.3 Å². The molecule has 1 heterocycles. The monoisotopic (exact) mass is 648 g/mol. The van der Waals surface area contributed by atoms with Gasteiger partial charge >= 0.3 is 0 Å². The van der Waals surface area contributed by atoms with Crippen LogP contribution in [-0.4, -0.2) is 65.9 Å². The number of carbonyl (C=O) groups is 4. The molecule has 0 aliphatic carbocycles. The molecule has 5 atom stereocenters. The third kappa shape index (κ3) is 12.9. The first kappa shape index (κ1) is 37.9. The molecule has 1 aliphatic rings. The van der Waals surface area contributed by atoms with Crippen molar-refractivity contribution in [3.63, 3.8) is 0 Å². The Morgan fingerprint density at radius 1 is 0.660 bits per heavy atom. The molecule has 258 valence electrons. The average Bonchev–Trinajstić information content (AvgIpc) is 3.78. The van der Waals surface area contributed by atoms with E-state index >= 15 is 0 Å². The molecule has 0 unspecified atom stereocenters. The predicted octanol–water partition coefficient (Wildman–Crippen LogP) is 4.52. The van der Waals surface area contributed by atoms with Gasteiger partial charge in [0.15, 0.2) is 5.78 Å². The third-order valence-electron chi connectivity index (χ3n) is 8.44. The van der Waals surface area contributed by atoms with Crippen molar-refractivity contribution in [3.05, 3.63) is 71.8 Å². The number of amides is 3. The summed E-state index contributed by atoms with van der Waals surface area (Å²) in [5, 5.41) is 12.3. The van der Waals surface area contributed by atoms with E-state index in [1.165, 1.54) is 0 Å². The van der Waals surface area contributed by atoms with E-state index in [4.69, 9.17) is 4.74 Å². The van der Waals surface area contributed by atoms with Crippen LogP contribution in [0.15, 0.2) is 60.7 Å². The smallest absolute Gasteiger partial charge is 0.243 e. The van der Waals surface area contributed by atoms with Gasteiger partial charge in [-0.05, 0) is 62.0 Å². The summed E-state index contributed by atoms with van der Waals surface area (Å²) in [6.45, 7) is 14.2. The standard InChI is InChI=1S/C38H56N4O5/c1-25(2)18-20-31(40-35(44)30(39-27(5)6)21-19-28-14-10-8-11-15-28)36(45)42-33(23-29-16-12-9-13-17-29)37(46)41-32(22-26(3)4)34(43)38(7)24-47-38/h8-17,25-27,30-33,39H,18-24H2,1-7H3,(H,40,44)(H,41,46)(H,42,45)/t30-,31-,32-,33-,38+/m0/s1. The Morgan fingerprint density at radius 3 is 1.70 bits per heavy atom. The summed E-state index contributed by atoms with van der Waals surface area (Å²) in [5.41, 5.74) is 1.11. The fourth-order valence-corrected chi connectivity index (χ4v) is 5.61. The molecule has 9 heteroatoms. The van der Waals surface area contributed by atoms with Gasteiger partial charge in [0, 0.05) is 12.5 Å². The van der Waals surface area contributed by atoms with Gasteiger partial charge in [-0.3, -0.25) is 19.2 Å². The second-order valence-electron chi connectivity index (χ2n) is 14.3. The lowest BCUT2D eigenvalue weighted by Gasteiger charge is -2.28. The summed E-state index contributed by atoms with van der Waals surface area (Å²) in [5.74, 6) is -0.818. The summed E-state index contributed by atoms with van der Waals surface area (Å²) < 4.78 is 5.41. The number of Topliss-reactive ketones (excluding diaryl/α,β-unsaturated/α-hetero) is 1. The zero-order chi connectivity index (χ0) is 34.6. The Bertz CT molecular complexity index is 1290. The summed E-state index contributed by atoms with van der Waals surface area (Å²) in [6.07, 6.45) is 3.10. The molecule has 1 fully saturated rings. The lowest BCUT2D eigenvalue weighted by Crippen LogP contribution is -2.58. The average molecular weight is 649 g/mol. The Kier molecular flexibility index (Phi) is 14.6. The highest BCUT2D eigenvalue weighted by molar-refractivity contribution is 5.98. The van der Waals surface area contributed by atoms with E-state index < -0.39 is 41.6 Å². The number of ether oxygens (including phenoxy) is 1. The van der Waals surface area contributed by atoms with Gasteiger partial charge in [-0.15, -0.1) is 0 Å². The Morgan fingerprint density at radius 2 is 1.17 bits per heavy atom. The second kappa shape index (κ2) is 18.1. The topological polar surface area (TPSA) is 129 Å². The van der Waals surface area contributed by atoms with Crippen LogP contribution in [0.25, 0.3) is 0 Å². The van der Waals surface area contributed by atoms with Crippen LogP contribution in [0, 0.1) is 11.8 Å². The third-order valence-corrected chi connectivity index (χ3v) is 8.44. The molecule has 9 nitrogen and oxygen atoms in total. The van der Waals surface area contributed by atoms with Crippen molar-refractivity contribution >= 4 is 23.5 Å². The molecule has 4 N–H and O–H groups in total. The lowest BCUT2D eigenvalue weighted by atomic mass is 9.93. The first-order chi connectivity index (χ1) is 22.3. The number of aryl methyl sites for hydroxylation is 1. The molecule has 47 heavy (non-hydrogen) atoms. The lowest BCUT2D eigenvalue weighted by molar-refractivity contribution is -0.134. The van der Waals surface area contributed by atoms with Gasteiger partial charge in [-0.1, -0.05) is 102 Å². The normalized spacial score (nSPS) is 18.3. The molecule has 2 aromatic carbocycles. The van der Waals surface area contributed by atoms with Crippen molar-refractivity contribution in [1.82, 2.24) is 21.3 Å². The molecule has 1 saturated heterocycles. The number of rotatable bonds is 20. The van der Waals surface area contributed by atoms with Crippen molar-refractivity contribution in [2.45, 2.75) is 123 Å². The molecule has 0 bridgehead atoms. The molecule has 3 amide bonds. The van der Waals surface area contributed by atoms with Crippen molar-refractivity contribution in [2.24, 2.45) is 11.8 Å². The maximum atomic E-state index is 14.0. The van der Waals surface area contributed by atoms with Gasteiger partial charge < -0.3 is 26.0 Å². The number of hydrogen-bond acceptors (Lipinski definition) is 6. The fraction of sp³-hybridized carbons (Fsp3) is 0.579. The number of epoxide rings is 1. The van der Waals surface area contributed by atoms with Crippen LogP contribution in [0.1, 0.15) is 85.3 Å². The van der Waals surface area contributed by atoms with E-state index in [0.717, 1.165) is 11.1 Å². The van der Waals surface area contributed by atoms with Crippen LogP contribution in [0.5, 0.6) is 0 Å². The molecular formula is C38H56N4O5. The van der Waals surface area contributed by atoms with Crippen molar-refractivity contribution in [2.75, 3.05) is 6.61 Å². The van der Waals surface area contributed by atoms with Crippen molar-refractivity contribution < 1.29 is 23.9 Å². The summed E-state index contributed by atoms with van der Waals surface area (Å²) in [4.78, 5) is 54.8. The second-order valence-corrected chi connectivity index (χ2v) is 14.3. The highest BCUT2D eigenvalue weighted by Gasteiger charge is 2.50. The van der Waals surface area contributed by atoms with Crippen LogP contribution in [0.2, 0.25) is 0 Å². The first-order valence-corrected chi connectivity index (χ1v) is 17.2. The van der Waals surface area contributed by atoms with Crippen LogP contribution in [0.4, 0.5) is 0 Å². The number of benzene rings is 2. The molecular weight excluding hydrogens is 592 g/mol. The molecule has 0 saturated carbocycles. The number of hydrogen-bond donors (Lipinski definition) is 4. The summed E-state index contributed by atoms with van der Waals surface area (Å²) in [6, 6.07) is 16.5. The Labute approximate surface area is 281 Å². The maximum Gasteiger partial charge on any atom is 0.243 e. The van der Waals surface area contributed by atoms with E-state index in [1.54, 1.807) is 6.92 Å². The quantitative estimate of drug-likeness (QED) is 0.156. The van der Waals surface area contributed by atoms with Crippen LogP contribution >= 0.6 is 0 Å². The maximum absolute atomic E-state index is 14.0. The first-order valence-electron chi connectivity index (χ1n) is 17.2. The molecule has 1 aliphatic heterocycles. The number of nitrogens with one attached hydrogen (secondary N) is 4. The van der Waals surface area contributed by atoms with Gasteiger partial charge in [-0.25, -0.2) is 0 Å². The minimum Gasteiger partial charge on any atom is -0.361 e. The summed E-state index contributed by atoms with van der Waals surface area (Å²) in [7, 11) is 0. The van der Waals surface area contributed by atoms with Crippen LogP contribution in [0.3, 0.4) is 0 Å². The highest BCUT2D eigenvalue weighted by atomic mass is 16.6. The van der Waals surface area contributed by atoms with E-state index in [1.807, 2.05) is 88.4 Å². The Hall–Kier alpha value is -3.56. The van der Waals surface area contributed by atoms with E-state index in [9.17, 15) is 19.2 Å². The molecule has 2 aromatic rings. The van der Waals surface area contributed by atoms with Gasteiger partial charge in [0.2, 0.25) is 17.7 Å². The van der Waals surface area contributed by atoms with Gasteiger partial charge in [0.25, 0.3) is 0 Å². The van der Waals surface area contributed by atoms with E-state index in [0.29, 0.717) is 44.6 Å². The predicted molar refractivity (Wildman–Crippen MR) is 186 cm³/mol. The fourth-order valence-electron chi connectivity index (χ4n) is 5.61. The van der Waals surface area contributed by atoms with Gasteiger partial charge in [0.05, 0.1) is 18.7 Å². The van der Waals surface area contributed by atoms with Crippen LogP contribution in [-0.2, 0) is 36.8 Å². The summed E-state index contributed by atoms with van der Waals surface area (Å²) >= 11 is 0. The van der Waals surface area contributed by atoms with E-state index in [2.05, 4.69) is 35.1 Å². The zero-order valence-corrected chi connectivity index (χ0v) is 29.3. The van der Waals surface area contributed by atoms with Gasteiger partial charge in [-0.2, -0.15) is 0 Å². The zero-order valence-electron chi connectivity index (χ0n) is 29.3.